The number of nitriles is 1. The Hall–Kier alpha value is -3.23. The number of thiophene rings is 1. The molecule has 0 saturated carbocycles. The molecule has 2 aromatic heterocycles. The maximum atomic E-state index is 13.3. The summed E-state index contributed by atoms with van der Waals surface area (Å²) in [7, 11) is 0. The van der Waals surface area contributed by atoms with Gasteiger partial charge in [0, 0.05) is 23.4 Å². The van der Waals surface area contributed by atoms with Crippen LogP contribution in [0.1, 0.15) is 18.4 Å². The van der Waals surface area contributed by atoms with Crippen LogP contribution in [0.5, 0.6) is 0 Å². The molecule has 0 aliphatic rings. The molecule has 4 rings (SSSR count). The van der Waals surface area contributed by atoms with Gasteiger partial charge in [-0.05, 0) is 31.0 Å². The minimum Gasteiger partial charge on any atom is -0.292 e. The zero-order valence-corrected chi connectivity index (χ0v) is 16.4. The number of rotatable bonds is 5. The van der Waals surface area contributed by atoms with Crippen molar-refractivity contribution in [2.45, 2.75) is 26.3 Å². The van der Waals surface area contributed by atoms with Crippen molar-refractivity contribution in [2.24, 2.45) is 0 Å². The fourth-order valence-corrected chi connectivity index (χ4v) is 4.32. The van der Waals surface area contributed by atoms with Crippen LogP contribution in [0.3, 0.4) is 0 Å². The molecule has 0 atom stereocenters. The predicted octanol–water partition coefficient (Wildman–Crippen LogP) is 5.40. The van der Waals surface area contributed by atoms with E-state index >= 15 is 0 Å². The Morgan fingerprint density at radius 3 is 2.61 bits per heavy atom. The molecule has 0 amide bonds. The Morgan fingerprint density at radius 1 is 1.07 bits per heavy atom. The van der Waals surface area contributed by atoms with Crippen molar-refractivity contribution in [1.29, 1.82) is 5.26 Å². The zero-order chi connectivity index (χ0) is 19.5. The number of fused-ring (bicyclic) bond motifs is 1. The first-order chi connectivity index (χ1) is 13.7. The third kappa shape index (κ3) is 3.47. The molecule has 2 heterocycles. The van der Waals surface area contributed by atoms with Crippen LogP contribution in [-0.2, 0) is 6.54 Å². The van der Waals surface area contributed by atoms with Gasteiger partial charge in [0.05, 0.1) is 11.5 Å². The lowest BCUT2D eigenvalue weighted by molar-refractivity contribution is 0.634. The van der Waals surface area contributed by atoms with Gasteiger partial charge >= 0.3 is 0 Å². The molecule has 138 valence electrons. The van der Waals surface area contributed by atoms with Crippen molar-refractivity contribution < 1.29 is 0 Å². The fourth-order valence-electron chi connectivity index (χ4n) is 3.29. The first kappa shape index (κ1) is 18.1. The van der Waals surface area contributed by atoms with Gasteiger partial charge < -0.3 is 0 Å². The van der Waals surface area contributed by atoms with Gasteiger partial charge in [0.2, 0.25) is 0 Å². The SMILES string of the molecule is Cc1cccc(-c2nc3sc(-c4ccccc4)cc3c(=O)n2CCCC#N)c1. The lowest BCUT2D eigenvalue weighted by Crippen LogP contribution is -2.23. The maximum Gasteiger partial charge on any atom is 0.262 e. The summed E-state index contributed by atoms with van der Waals surface area (Å²) in [5, 5.41) is 9.52. The van der Waals surface area contributed by atoms with E-state index in [1.165, 1.54) is 11.3 Å². The van der Waals surface area contributed by atoms with Gasteiger partial charge in [0.15, 0.2) is 0 Å². The number of hydrogen-bond donors (Lipinski definition) is 0. The van der Waals surface area contributed by atoms with Crippen LogP contribution < -0.4 is 5.56 Å². The van der Waals surface area contributed by atoms with Crippen LogP contribution in [0.4, 0.5) is 0 Å². The van der Waals surface area contributed by atoms with Crippen LogP contribution in [-0.4, -0.2) is 9.55 Å². The van der Waals surface area contributed by atoms with Gasteiger partial charge in [-0.3, -0.25) is 9.36 Å². The second kappa shape index (κ2) is 7.79. The lowest BCUT2D eigenvalue weighted by Gasteiger charge is -2.12. The van der Waals surface area contributed by atoms with E-state index in [9.17, 15) is 4.79 Å². The molecule has 2 aromatic carbocycles. The molecule has 0 aliphatic heterocycles. The second-order valence-electron chi connectivity index (χ2n) is 6.72. The van der Waals surface area contributed by atoms with E-state index in [4.69, 9.17) is 10.2 Å². The van der Waals surface area contributed by atoms with Gasteiger partial charge in [-0.2, -0.15) is 5.26 Å². The van der Waals surface area contributed by atoms with E-state index in [1.807, 2.05) is 67.6 Å². The quantitative estimate of drug-likeness (QED) is 0.432. The second-order valence-corrected chi connectivity index (χ2v) is 7.75. The highest BCUT2D eigenvalue weighted by atomic mass is 32.1. The summed E-state index contributed by atoms with van der Waals surface area (Å²) >= 11 is 1.54. The average Bonchev–Trinajstić information content (AvgIpc) is 3.15. The summed E-state index contributed by atoms with van der Waals surface area (Å²) in [6.45, 7) is 2.51. The van der Waals surface area contributed by atoms with Crippen LogP contribution in [0.2, 0.25) is 0 Å². The number of benzene rings is 2. The Labute approximate surface area is 167 Å². The van der Waals surface area contributed by atoms with Crippen molar-refractivity contribution in [2.75, 3.05) is 0 Å². The van der Waals surface area contributed by atoms with Gasteiger partial charge in [-0.1, -0.05) is 54.1 Å². The monoisotopic (exact) mass is 385 g/mol. The smallest absolute Gasteiger partial charge is 0.262 e. The van der Waals surface area contributed by atoms with Gasteiger partial charge in [0.25, 0.3) is 5.56 Å². The fraction of sp³-hybridized carbons (Fsp3) is 0.174. The number of aryl methyl sites for hydroxylation is 1. The summed E-state index contributed by atoms with van der Waals surface area (Å²) in [4.78, 5) is 19.9. The van der Waals surface area contributed by atoms with Gasteiger partial charge in [0.1, 0.15) is 10.7 Å². The number of unbranched alkanes of at least 4 members (excludes halogenated alkanes) is 1. The summed E-state index contributed by atoms with van der Waals surface area (Å²) < 4.78 is 1.72. The number of hydrogen-bond acceptors (Lipinski definition) is 4. The Kier molecular flexibility index (Phi) is 5.05. The molecule has 0 saturated heterocycles. The van der Waals surface area contributed by atoms with Crippen molar-refractivity contribution in [3.63, 3.8) is 0 Å². The standard InChI is InChI=1S/C23H19N3OS/c1-16-8-7-11-18(14-16)21-25-22-19(23(27)26(21)13-6-5-12-24)15-20(28-22)17-9-3-2-4-10-17/h2-4,7-11,14-15H,5-6,13H2,1H3. The molecule has 0 spiro atoms. The average molecular weight is 385 g/mol. The van der Waals surface area contributed by atoms with E-state index in [2.05, 4.69) is 6.07 Å². The summed E-state index contributed by atoms with van der Waals surface area (Å²) in [6.07, 6.45) is 1.04. The molecule has 4 nitrogen and oxygen atoms in total. The first-order valence-corrected chi connectivity index (χ1v) is 10.0. The molecule has 0 radical (unpaired) electrons. The molecular formula is C23H19N3OS. The summed E-state index contributed by atoms with van der Waals surface area (Å²) in [6, 6.07) is 22.2. The van der Waals surface area contributed by atoms with E-state index in [-0.39, 0.29) is 5.56 Å². The molecule has 5 heteroatoms. The van der Waals surface area contributed by atoms with Gasteiger partial charge in [-0.15, -0.1) is 11.3 Å². The third-order valence-corrected chi connectivity index (χ3v) is 5.73. The van der Waals surface area contributed by atoms with E-state index < -0.39 is 0 Å². The maximum absolute atomic E-state index is 13.3. The normalized spacial score (nSPS) is 10.9. The molecule has 4 aromatic rings. The van der Waals surface area contributed by atoms with Crippen molar-refractivity contribution in [1.82, 2.24) is 9.55 Å². The minimum absolute atomic E-state index is 0.0436. The molecule has 0 fully saturated rings. The molecule has 0 N–H and O–H groups in total. The van der Waals surface area contributed by atoms with Crippen LogP contribution in [0.15, 0.2) is 65.5 Å². The molecule has 0 bridgehead atoms. The first-order valence-electron chi connectivity index (χ1n) is 9.21. The molecule has 0 aliphatic carbocycles. The summed E-state index contributed by atoms with van der Waals surface area (Å²) in [5.41, 5.74) is 3.08. The van der Waals surface area contributed by atoms with Crippen LogP contribution in [0, 0.1) is 18.3 Å². The van der Waals surface area contributed by atoms with Crippen LogP contribution in [0.25, 0.3) is 32.0 Å². The van der Waals surface area contributed by atoms with Crippen molar-refractivity contribution >= 4 is 21.6 Å². The Balaban J connectivity index is 1.92. The van der Waals surface area contributed by atoms with Crippen molar-refractivity contribution in [3.8, 4) is 27.9 Å². The highest BCUT2D eigenvalue weighted by Gasteiger charge is 2.16. The Morgan fingerprint density at radius 2 is 1.86 bits per heavy atom. The Bertz CT molecular complexity index is 1230. The largest absolute Gasteiger partial charge is 0.292 e. The third-order valence-electron chi connectivity index (χ3n) is 4.66. The molecular weight excluding hydrogens is 366 g/mol. The van der Waals surface area contributed by atoms with Crippen molar-refractivity contribution in [3.05, 3.63) is 76.6 Å². The zero-order valence-electron chi connectivity index (χ0n) is 15.6. The topological polar surface area (TPSA) is 58.7 Å². The minimum atomic E-state index is -0.0436. The highest BCUT2D eigenvalue weighted by molar-refractivity contribution is 7.21. The van der Waals surface area contributed by atoms with E-state index in [1.54, 1.807) is 4.57 Å². The lowest BCUT2D eigenvalue weighted by atomic mass is 10.1. The molecule has 0 unspecified atom stereocenters. The van der Waals surface area contributed by atoms with Crippen LogP contribution >= 0.6 is 11.3 Å². The summed E-state index contributed by atoms with van der Waals surface area (Å²) in [5.74, 6) is 0.667. The van der Waals surface area contributed by atoms with E-state index in [0.29, 0.717) is 30.6 Å². The number of nitrogens with zero attached hydrogens (tertiary/aromatic N) is 3. The number of aromatic nitrogens is 2. The predicted molar refractivity (Wildman–Crippen MR) is 114 cm³/mol. The molecule has 28 heavy (non-hydrogen) atoms. The van der Waals surface area contributed by atoms with E-state index in [0.717, 1.165) is 26.4 Å². The van der Waals surface area contributed by atoms with Gasteiger partial charge in [-0.25, -0.2) is 4.98 Å². The highest BCUT2D eigenvalue weighted by Crippen LogP contribution is 2.32.